The first kappa shape index (κ1) is 9.10. The topological polar surface area (TPSA) is 29.3 Å². The Balaban J connectivity index is 0.000000720. The second kappa shape index (κ2) is 3.61. The van der Waals surface area contributed by atoms with E-state index in [9.17, 15) is 0 Å². The van der Waals surface area contributed by atoms with E-state index in [1.807, 2.05) is 18.2 Å². The fourth-order valence-corrected chi connectivity index (χ4v) is 1.28. The molecule has 0 spiro atoms. The van der Waals surface area contributed by atoms with Crippen molar-refractivity contribution in [1.82, 2.24) is 0 Å². The van der Waals surface area contributed by atoms with Crippen LogP contribution in [0.4, 0.5) is 5.69 Å². The molecule has 2 N–H and O–H groups in total. The largest absolute Gasteiger partial charge is 0.307 e. The van der Waals surface area contributed by atoms with Crippen molar-refractivity contribution in [2.24, 2.45) is 5.84 Å². The molecule has 1 aliphatic rings. The lowest BCUT2D eigenvalue weighted by atomic mass is 10.1. The lowest BCUT2D eigenvalue weighted by Crippen LogP contribution is -2.32. The summed E-state index contributed by atoms with van der Waals surface area (Å²) in [4.78, 5) is 0. The van der Waals surface area contributed by atoms with Crippen LogP contribution in [0.1, 0.15) is 5.56 Å². The van der Waals surface area contributed by atoms with Crippen molar-refractivity contribution in [1.29, 1.82) is 0 Å². The summed E-state index contributed by atoms with van der Waals surface area (Å²) in [5, 5.41) is 1.75. The molecule has 0 saturated carbocycles. The molecule has 0 saturated heterocycles. The van der Waals surface area contributed by atoms with Crippen LogP contribution in [0, 0.1) is 0 Å². The summed E-state index contributed by atoms with van der Waals surface area (Å²) >= 11 is 0. The zero-order valence-corrected chi connectivity index (χ0v) is 7.42. The molecule has 1 aliphatic heterocycles. The quantitative estimate of drug-likeness (QED) is 0.621. The average molecular weight is 183 g/mol. The van der Waals surface area contributed by atoms with Crippen LogP contribution in [-0.4, -0.2) is 6.54 Å². The first-order chi connectivity index (χ1) is 5.38. The van der Waals surface area contributed by atoms with Crippen LogP contribution >= 0.6 is 12.4 Å². The number of halogens is 1. The van der Waals surface area contributed by atoms with Gasteiger partial charge in [-0.15, -0.1) is 12.4 Å². The van der Waals surface area contributed by atoms with Gasteiger partial charge in [0, 0.05) is 0 Å². The Hall–Kier alpha value is -0.990. The van der Waals surface area contributed by atoms with Crippen LogP contribution in [-0.2, 0) is 0 Å². The molecule has 0 bridgehead atoms. The Bertz CT molecular complexity index is 296. The van der Waals surface area contributed by atoms with Crippen molar-refractivity contribution in [3.05, 3.63) is 35.9 Å². The molecule has 1 heterocycles. The normalized spacial score (nSPS) is 13.6. The number of hydrogen-bond acceptors (Lipinski definition) is 2. The highest BCUT2D eigenvalue weighted by atomic mass is 35.5. The number of para-hydroxylation sites is 1. The SMILES string of the molecule is Cl.NN1CC=Cc2ccccc21. The number of hydrazine groups is 1. The number of fused-ring (bicyclic) bond motifs is 1. The lowest BCUT2D eigenvalue weighted by molar-refractivity contribution is 0.931. The Labute approximate surface area is 78.1 Å². The summed E-state index contributed by atoms with van der Waals surface area (Å²) in [7, 11) is 0. The van der Waals surface area contributed by atoms with Crippen LogP contribution in [0.2, 0.25) is 0 Å². The van der Waals surface area contributed by atoms with Crippen molar-refractivity contribution in [3.63, 3.8) is 0 Å². The smallest absolute Gasteiger partial charge is 0.0593 e. The van der Waals surface area contributed by atoms with Gasteiger partial charge in [0.15, 0.2) is 0 Å². The molecule has 12 heavy (non-hydrogen) atoms. The van der Waals surface area contributed by atoms with Gasteiger partial charge >= 0.3 is 0 Å². The number of nitrogens with zero attached hydrogens (tertiary/aromatic N) is 1. The molecule has 0 atom stereocenters. The van der Waals surface area contributed by atoms with E-state index in [0.717, 1.165) is 12.2 Å². The molecule has 0 unspecified atom stereocenters. The first-order valence-corrected chi connectivity index (χ1v) is 3.66. The third-order valence-electron chi connectivity index (χ3n) is 1.85. The van der Waals surface area contributed by atoms with Crippen LogP contribution < -0.4 is 10.9 Å². The van der Waals surface area contributed by atoms with Gasteiger partial charge in [0.2, 0.25) is 0 Å². The number of nitrogens with two attached hydrogens (primary N) is 1. The summed E-state index contributed by atoms with van der Waals surface area (Å²) in [6.45, 7) is 0.803. The van der Waals surface area contributed by atoms with Gasteiger partial charge in [-0.25, -0.2) is 5.84 Å². The number of benzene rings is 1. The summed E-state index contributed by atoms with van der Waals surface area (Å²) in [6.07, 6.45) is 4.15. The molecule has 64 valence electrons. The van der Waals surface area contributed by atoms with Crippen molar-refractivity contribution in [3.8, 4) is 0 Å². The maximum absolute atomic E-state index is 5.73. The highest BCUT2D eigenvalue weighted by Crippen LogP contribution is 2.22. The summed E-state index contributed by atoms with van der Waals surface area (Å²) < 4.78 is 0. The van der Waals surface area contributed by atoms with Crippen LogP contribution in [0.5, 0.6) is 0 Å². The summed E-state index contributed by atoms with van der Waals surface area (Å²) in [6, 6.07) is 8.10. The molecule has 2 nitrogen and oxygen atoms in total. The fraction of sp³-hybridized carbons (Fsp3) is 0.111. The molecule has 0 fully saturated rings. The number of anilines is 1. The number of hydrogen-bond donors (Lipinski definition) is 1. The summed E-state index contributed by atoms with van der Waals surface area (Å²) in [5.74, 6) is 5.73. The molecule has 0 aliphatic carbocycles. The molecular weight excluding hydrogens is 172 g/mol. The second-order valence-electron chi connectivity index (χ2n) is 2.61. The van der Waals surface area contributed by atoms with E-state index in [-0.39, 0.29) is 12.4 Å². The molecule has 1 aromatic rings. The average Bonchev–Trinajstić information content (AvgIpc) is 2.06. The van der Waals surface area contributed by atoms with Gasteiger partial charge < -0.3 is 5.01 Å². The minimum Gasteiger partial charge on any atom is -0.307 e. The van der Waals surface area contributed by atoms with Crippen LogP contribution in [0.3, 0.4) is 0 Å². The van der Waals surface area contributed by atoms with Gasteiger partial charge in [-0.2, -0.15) is 0 Å². The van der Waals surface area contributed by atoms with Crippen LogP contribution in [0.25, 0.3) is 6.08 Å². The van der Waals surface area contributed by atoms with E-state index < -0.39 is 0 Å². The van der Waals surface area contributed by atoms with Gasteiger partial charge in [-0.1, -0.05) is 30.4 Å². The van der Waals surface area contributed by atoms with Gasteiger partial charge in [0.25, 0.3) is 0 Å². The molecule has 3 heteroatoms. The predicted octanol–water partition coefficient (Wildman–Crippen LogP) is 1.82. The zero-order valence-electron chi connectivity index (χ0n) is 6.60. The standard InChI is InChI=1S/C9H10N2.ClH/c10-11-7-3-5-8-4-1-2-6-9(8)11;/h1-6H,7,10H2;1H. The van der Waals surface area contributed by atoms with E-state index >= 15 is 0 Å². The minimum atomic E-state index is 0. The lowest BCUT2D eigenvalue weighted by Gasteiger charge is -2.22. The van der Waals surface area contributed by atoms with E-state index in [0.29, 0.717) is 0 Å². The van der Waals surface area contributed by atoms with E-state index in [4.69, 9.17) is 5.84 Å². The Morgan fingerprint density at radius 3 is 2.75 bits per heavy atom. The highest BCUT2D eigenvalue weighted by Gasteiger charge is 2.06. The third kappa shape index (κ3) is 1.44. The monoisotopic (exact) mass is 182 g/mol. The maximum atomic E-state index is 5.73. The zero-order chi connectivity index (χ0) is 7.68. The van der Waals surface area contributed by atoms with Crippen molar-refractivity contribution < 1.29 is 0 Å². The molecule has 1 aromatic carbocycles. The van der Waals surface area contributed by atoms with E-state index in [1.54, 1.807) is 5.01 Å². The van der Waals surface area contributed by atoms with Gasteiger partial charge in [0.05, 0.1) is 12.2 Å². The second-order valence-corrected chi connectivity index (χ2v) is 2.61. The van der Waals surface area contributed by atoms with E-state index in [2.05, 4.69) is 18.2 Å². The van der Waals surface area contributed by atoms with Gasteiger partial charge in [0.1, 0.15) is 0 Å². The third-order valence-corrected chi connectivity index (χ3v) is 1.85. The molecular formula is C9H11ClN2. The van der Waals surface area contributed by atoms with Crippen molar-refractivity contribution in [2.75, 3.05) is 11.6 Å². The first-order valence-electron chi connectivity index (χ1n) is 3.66. The van der Waals surface area contributed by atoms with Crippen LogP contribution in [0.15, 0.2) is 30.3 Å². The Kier molecular flexibility index (Phi) is 2.74. The molecule has 2 rings (SSSR count). The number of rotatable bonds is 0. The van der Waals surface area contributed by atoms with Gasteiger partial charge in [-0.3, -0.25) is 0 Å². The summed E-state index contributed by atoms with van der Waals surface area (Å²) in [5.41, 5.74) is 2.30. The van der Waals surface area contributed by atoms with Crippen molar-refractivity contribution >= 4 is 24.2 Å². The highest BCUT2D eigenvalue weighted by molar-refractivity contribution is 5.85. The van der Waals surface area contributed by atoms with Gasteiger partial charge in [-0.05, 0) is 11.6 Å². The minimum absolute atomic E-state index is 0. The fourth-order valence-electron chi connectivity index (χ4n) is 1.28. The maximum Gasteiger partial charge on any atom is 0.0593 e. The molecule has 0 radical (unpaired) electrons. The molecule has 0 aromatic heterocycles. The predicted molar refractivity (Wildman–Crippen MR) is 54.3 cm³/mol. The molecule has 0 amide bonds. The Morgan fingerprint density at radius 2 is 2.00 bits per heavy atom. The van der Waals surface area contributed by atoms with Crippen molar-refractivity contribution in [2.45, 2.75) is 0 Å². The Morgan fingerprint density at radius 1 is 1.25 bits per heavy atom. The van der Waals surface area contributed by atoms with E-state index in [1.165, 1.54) is 5.56 Å².